The van der Waals surface area contributed by atoms with Crippen molar-refractivity contribution in [3.05, 3.63) is 28.1 Å². The van der Waals surface area contributed by atoms with Crippen LogP contribution in [0.4, 0.5) is 0 Å². The number of hydrogen-bond acceptors (Lipinski definition) is 2. The zero-order valence-electron chi connectivity index (χ0n) is 7.84. The van der Waals surface area contributed by atoms with Gasteiger partial charge in [0.05, 0.1) is 5.02 Å². The van der Waals surface area contributed by atoms with Crippen molar-refractivity contribution in [2.24, 2.45) is 0 Å². The van der Waals surface area contributed by atoms with Crippen LogP contribution in [0.5, 0.6) is 0 Å². The van der Waals surface area contributed by atoms with E-state index in [9.17, 15) is 0 Å². The minimum atomic E-state index is 0.247. The molecule has 0 aliphatic heterocycles. The number of hydrogen-bond donors (Lipinski definition) is 0. The Morgan fingerprint density at radius 1 is 1.29 bits per heavy atom. The summed E-state index contributed by atoms with van der Waals surface area (Å²) < 4.78 is 5.51. The van der Waals surface area contributed by atoms with Gasteiger partial charge in [-0.2, -0.15) is 0 Å². The maximum Gasteiger partial charge on any atom is 0.198 e. The fourth-order valence-electron chi connectivity index (χ4n) is 1.20. The molecule has 0 aliphatic carbocycles. The van der Waals surface area contributed by atoms with Gasteiger partial charge < -0.3 is 4.42 Å². The molecule has 2 rings (SSSR count). The molecule has 0 saturated heterocycles. The van der Waals surface area contributed by atoms with Crippen molar-refractivity contribution in [1.82, 2.24) is 4.98 Å². The van der Waals surface area contributed by atoms with E-state index in [0.29, 0.717) is 21.5 Å². The third-order valence-corrected chi connectivity index (χ3v) is 2.75. The lowest BCUT2D eigenvalue weighted by Gasteiger charge is -1.95. The second-order valence-electron chi connectivity index (χ2n) is 3.42. The fourth-order valence-corrected chi connectivity index (χ4v) is 1.55. The van der Waals surface area contributed by atoms with Crippen molar-refractivity contribution < 1.29 is 4.42 Å². The first-order valence-corrected chi connectivity index (χ1v) is 5.09. The monoisotopic (exact) mass is 229 g/mol. The molecule has 0 fully saturated rings. The Bertz CT molecular complexity index is 476. The Morgan fingerprint density at radius 2 is 2.00 bits per heavy atom. The molecule has 74 valence electrons. The summed E-state index contributed by atoms with van der Waals surface area (Å²) in [5, 5.41) is 0.925. The Kier molecular flexibility index (Phi) is 2.41. The molecule has 2 aromatic rings. The Hall–Kier alpha value is -0.730. The van der Waals surface area contributed by atoms with E-state index in [1.165, 1.54) is 0 Å². The van der Waals surface area contributed by atoms with E-state index in [-0.39, 0.29) is 5.92 Å². The first-order valence-electron chi connectivity index (χ1n) is 4.34. The molecule has 0 bridgehead atoms. The number of halogens is 2. The second kappa shape index (κ2) is 3.44. The molecule has 0 N–H and O–H groups in total. The first-order chi connectivity index (χ1) is 6.59. The van der Waals surface area contributed by atoms with Crippen LogP contribution in [-0.2, 0) is 0 Å². The van der Waals surface area contributed by atoms with Gasteiger partial charge in [-0.05, 0) is 12.1 Å². The highest BCUT2D eigenvalue weighted by molar-refractivity contribution is 6.44. The van der Waals surface area contributed by atoms with Crippen molar-refractivity contribution >= 4 is 34.3 Å². The molecule has 0 atom stereocenters. The lowest BCUT2D eigenvalue weighted by atomic mass is 10.2. The van der Waals surface area contributed by atoms with E-state index >= 15 is 0 Å². The third-order valence-electron chi connectivity index (χ3n) is 1.96. The second-order valence-corrected chi connectivity index (χ2v) is 4.20. The van der Waals surface area contributed by atoms with Crippen LogP contribution < -0.4 is 0 Å². The van der Waals surface area contributed by atoms with Gasteiger partial charge in [0.15, 0.2) is 11.5 Å². The fraction of sp³-hybridized carbons (Fsp3) is 0.300. The van der Waals surface area contributed by atoms with Gasteiger partial charge in [0.25, 0.3) is 0 Å². The smallest absolute Gasteiger partial charge is 0.198 e. The van der Waals surface area contributed by atoms with Gasteiger partial charge in [0.2, 0.25) is 0 Å². The molecule has 0 spiro atoms. The SMILES string of the molecule is CC(C)c1nc2ccc(Cl)c(Cl)c2o1. The van der Waals surface area contributed by atoms with Gasteiger partial charge in [-0.3, -0.25) is 0 Å². The molecule has 0 radical (unpaired) electrons. The van der Waals surface area contributed by atoms with E-state index in [1.807, 2.05) is 13.8 Å². The summed E-state index contributed by atoms with van der Waals surface area (Å²) in [7, 11) is 0. The van der Waals surface area contributed by atoms with Crippen LogP contribution in [-0.4, -0.2) is 4.98 Å². The molecule has 0 aliphatic rings. The molecule has 1 aromatic carbocycles. The van der Waals surface area contributed by atoms with Crippen LogP contribution in [0.2, 0.25) is 10.0 Å². The zero-order valence-corrected chi connectivity index (χ0v) is 9.36. The predicted octanol–water partition coefficient (Wildman–Crippen LogP) is 4.26. The number of benzene rings is 1. The zero-order chi connectivity index (χ0) is 10.3. The number of fused-ring (bicyclic) bond motifs is 1. The highest BCUT2D eigenvalue weighted by Crippen LogP contribution is 2.32. The van der Waals surface area contributed by atoms with E-state index in [2.05, 4.69) is 4.98 Å². The highest BCUT2D eigenvalue weighted by Gasteiger charge is 2.13. The molecule has 1 aromatic heterocycles. The Balaban J connectivity index is 2.71. The molecular weight excluding hydrogens is 221 g/mol. The maximum atomic E-state index is 5.98. The summed E-state index contributed by atoms with van der Waals surface area (Å²) in [5.74, 6) is 0.932. The summed E-state index contributed by atoms with van der Waals surface area (Å²) in [5.41, 5.74) is 1.32. The topological polar surface area (TPSA) is 26.0 Å². The highest BCUT2D eigenvalue weighted by atomic mass is 35.5. The lowest BCUT2D eigenvalue weighted by Crippen LogP contribution is -1.84. The van der Waals surface area contributed by atoms with E-state index in [0.717, 1.165) is 5.52 Å². The number of nitrogens with zero attached hydrogens (tertiary/aromatic N) is 1. The number of rotatable bonds is 1. The van der Waals surface area contributed by atoms with Crippen LogP contribution in [0.15, 0.2) is 16.5 Å². The molecule has 0 unspecified atom stereocenters. The van der Waals surface area contributed by atoms with Crippen LogP contribution >= 0.6 is 23.2 Å². The normalized spacial score (nSPS) is 11.5. The summed E-state index contributed by atoms with van der Waals surface area (Å²) >= 11 is 11.8. The van der Waals surface area contributed by atoms with Crippen LogP contribution in [0, 0.1) is 0 Å². The lowest BCUT2D eigenvalue weighted by molar-refractivity contribution is 0.501. The van der Waals surface area contributed by atoms with Gasteiger partial charge >= 0.3 is 0 Å². The minimum absolute atomic E-state index is 0.247. The summed E-state index contributed by atoms with van der Waals surface area (Å²) in [4.78, 5) is 4.30. The number of oxazole rings is 1. The van der Waals surface area contributed by atoms with Gasteiger partial charge in [-0.25, -0.2) is 4.98 Å². The van der Waals surface area contributed by atoms with Crippen LogP contribution in [0.25, 0.3) is 11.1 Å². The molecular formula is C10H9Cl2NO. The van der Waals surface area contributed by atoms with E-state index < -0.39 is 0 Å². The number of aromatic nitrogens is 1. The largest absolute Gasteiger partial charge is 0.439 e. The molecule has 1 heterocycles. The van der Waals surface area contributed by atoms with E-state index in [1.54, 1.807) is 12.1 Å². The van der Waals surface area contributed by atoms with Crippen molar-refractivity contribution in [2.75, 3.05) is 0 Å². The van der Waals surface area contributed by atoms with Crippen molar-refractivity contribution in [1.29, 1.82) is 0 Å². The molecule has 0 amide bonds. The minimum Gasteiger partial charge on any atom is -0.439 e. The quantitative estimate of drug-likeness (QED) is 0.731. The van der Waals surface area contributed by atoms with Crippen LogP contribution in [0.1, 0.15) is 25.7 Å². The molecule has 0 saturated carbocycles. The molecule has 2 nitrogen and oxygen atoms in total. The average Bonchev–Trinajstić information content (AvgIpc) is 2.56. The third kappa shape index (κ3) is 1.49. The van der Waals surface area contributed by atoms with Crippen molar-refractivity contribution in [3.63, 3.8) is 0 Å². The Labute approximate surface area is 91.8 Å². The standard InChI is InChI=1S/C10H9Cl2NO/c1-5(2)10-13-7-4-3-6(11)8(12)9(7)14-10/h3-5H,1-2H3. The summed E-state index contributed by atoms with van der Waals surface area (Å²) in [6.45, 7) is 4.03. The predicted molar refractivity (Wildman–Crippen MR) is 58.1 cm³/mol. The van der Waals surface area contributed by atoms with E-state index in [4.69, 9.17) is 27.6 Å². The average molecular weight is 230 g/mol. The molecule has 4 heteroatoms. The summed E-state index contributed by atoms with van der Waals surface area (Å²) in [6.07, 6.45) is 0. The maximum absolute atomic E-state index is 5.98. The first kappa shape index (κ1) is 9.81. The van der Waals surface area contributed by atoms with Crippen molar-refractivity contribution in [2.45, 2.75) is 19.8 Å². The molecule has 14 heavy (non-hydrogen) atoms. The summed E-state index contributed by atoms with van der Waals surface area (Å²) in [6, 6.07) is 3.53. The van der Waals surface area contributed by atoms with Gasteiger partial charge in [-0.1, -0.05) is 37.0 Å². The van der Waals surface area contributed by atoms with Crippen LogP contribution in [0.3, 0.4) is 0 Å². The van der Waals surface area contributed by atoms with Gasteiger partial charge in [-0.15, -0.1) is 0 Å². The van der Waals surface area contributed by atoms with Gasteiger partial charge in [0.1, 0.15) is 10.5 Å². The van der Waals surface area contributed by atoms with Crippen molar-refractivity contribution in [3.8, 4) is 0 Å². The van der Waals surface area contributed by atoms with Gasteiger partial charge in [0, 0.05) is 5.92 Å². The Morgan fingerprint density at radius 3 is 2.64 bits per heavy atom.